The number of hydrogen-bond acceptors (Lipinski definition) is 6. The van der Waals surface area contributed by atoms with Crippen LogP contribution >= 0.6 is 0 Å². The van der Waals surface area contributed by atoms with Crippen LogP contribution in [0.5, 0.6) is 0 Å². The third-order valence-electron chi connectivity index (χ3n) is 5.16. The second-order valence-electron chi connectivity index (χ2n) is 7.16. The fourth-order valence-corrected chi connectivity index (χ4v) is 5.01. The van der Waals surface area contributed by atoms with Gasteiger partial charge in [-0.2, -0.15) is 4.31 Å². The first-order chi connectivity index (χ1) is 14.7. The molecular formula is C20H24N4O6S. The molecule has 0 unspecified atom stereocenters. The smallest absolute Gasteiger partial charge is 0.339 e. The van der Waals surface area contributed by atoms with Crippen LogP contribution in [0.15, 0.2) is 29.2 Å². The maximum atomic E-state index is 12.6. The van der Waals surface area contributed by atoms with Gasteiger partial charge in [-0.25, -0.2) is 13.2 Å². The van der Waals surface area contributed by atoms with E-state index < -0.39 is 27.8 Å². The van der Waals surface area contributed by atoms with Crippen molar-refractivity contribution in [2.45, 2.75) is 31.6 Å². The molecule has 31 heavy (non-hydrogen) atoms. The van der Waals surface area contributed by atoms with Gasteiger partial charge in [0.25, 0.3) is 11.8 Å². The van der Waals surface area contributed by atoms with Gasteiger partial charge in [0.2, 0.25) is 10.0 Å². The van der Waals surface area contributed by atoms with Crippen LogP contribution in [0.2, 0.25) is 0 Å². The van der Waals surface area contributed by atoms with Crippen LogP contribution in [0.3, 0.4) is 0 Å². The first-order valence-corrected chi connectivity index (χ1v) is 11.1. The summed E-state index contributed by atoms with van der Waals surface area (Å²) < 4.78 is 31.2. The van der Waals surface area contributed by atoms with Crippen LogP contribution in [-0.2, 0) is 14.8 Å². The monoisotopic (exact) mass is 448 g/mol. The van der Waals surface area contributed by atoms with Crippen LogP contribution < -0.4 is 10.9 Å². The average molecular weight is 449 g/mol. The number of carbonyl (C=O) groups is 3. The predicted octanol–water partition coefficient (Wildman–Crippen LogP) is 1.28. The largest absolute Gasteiger partial charge is 0.465 e. The predicted molar refractivity (Wildman–Crippen MR) is 111 cm³/mol. The molecule has 1 aliphatic rings. The number of nitrogens with one attached hydrogen (secondary N) is 3. The first-order valence-electron chi connectivity index (χ1n) is 9.65. The molecule has 0 spiro atoms. The summed E-state index contributed by atoms with van der Waals surface area (Å²) in [4.78, 5) is 39.5. The molecular weight excluding hydrogens is 424 g/mol. The zero-order valence-corrected chi connectivity index (χ0v) is 18.3. The summed E-state index contributed by atoms with van der Waals surface area (Å²) in [5.74, 6) is -1.83. The zero-order valence-electron chi connectivity index (χ0n) is 17.4. The number of ether oxygens (including phenoxy) is 1. The van der Waals surface area contributed by atoms with E-state index in [4.69, 9.17) is 4.74 Å². The summed E-state index contributed by atoms with van der Waals surface area (Å²) in [6, 6.07) is 5.49. The fourth-order valence-electron chi connectivity index (χ4n) is 3.49. The van der Waals surface area contributed by atoms with E-state index in [1.807, 2.05) is 0 Å². The molecule has 11 heteroatoms. The molecule has 3 N–H and O–H groups in total. The highest BCUT2D eigenvalue weighted by Gasteiger charge is 2.27. The lowest BCUT2D eigenvalue weighted by molar-refractivity contribution is 0.0599. The lowest BCUT2D eigenvalue weighted by Gasteiger charge is -2.15. The Hall–Kier alpha value is -3.18. The SMILES string of the molecule is COC(=O)c1c(C)[nH]c(C(=O)NNC(=O)c2ccc(S(=O)(=O)N3CCCC3)cc2)c1C. The van der Waals surface area contributed by atoms with Crippen molar-refractivity contribution in [3.8, 4) is 0 Å². The Bertz CT molecular complexity index is 1120. The van der Waals surface area contributed by atoms with Crippen LogP contribution in [0, 0.1) is 13.8 Å². The summed E-state index contributed by atoms with van der Waals surface area (Å²) in [5, 5.41) is 0. The van der Waals surface area contributed by atoms with Crippen molar-refractivity contribution in [3.63, 3.8) is 0 Å². The number of hydrazine groups is 1. The number of aromatic amines is 1. The Morgan fingerprint density at radius 1 is 1.00 bits per heavy atom. The van der Waals surface area contributed by atoms with E-state index in [-0.39, 0.29) is 21.7 Å². The topological polar surface area (TPSA) is 138 Å². The van der Waals surface area contributed by atoms with Crippen molar-refractivity contribution in [1.29, 1.82) is 0 Å². The molecule has 166 valence electrons. The van der Waals surface area contributed by atoms with Gasteiger partial charge >= 0.3 is 5.97 Å². The second kappa shape index (κ2) is 8.90. The Balaban J connectivity index is 1.66. The number of benzene rings is 1. The minimum absolute atomic E-state index is 0.114. The lowest BCUT2D eigenvalue weighted by atomic mass is 10.1. The standard InChI is InChI=1S/C20H24N4O6S/c1-12-16(20(27)30-3)13(2)21-17(12)19(26)23-22-18(25)14-6-8-15(9-7-14)31(28,29)24-10-4-5-11-24/h6-9,21H,4-5,10-11H2,1-3H3,(H,22,25)(H,23,26). The molecule has 10 nitrogen and oxygen atoms in total. The molecule has 1 fully saturated rings. The van der Waals surface area contributed by atoms with Crippen molar-refractivity contribution in [3.05, 3.63) is 52.3 Å². The van der Waals surface area contributed by atoms with Crippen molar-refractivity contribution < 1.29 is 27.5 Å². The first kappa shape index (κ1) is 22.5. The van der Waals surface area contributed by atoms with Crippen molar-refractivity contribution in [1.82, 2.24) is 20.1 Å². The van der Waals surface area contributed by atoms with Crippen molar-refractivity contribution in [2.75, 3.05) is 20.2 Å². The van der Waals surface area contributed by atoms with E-state index in [0.29, 0.717) is 24.3 Å². The number of aromatic nitrogens is 1. The highest BCUT2D eigenvalue weighted by Crippen LogP contribution is 2.21. The minimum Gasteiger partial charge on any atom is -0.465 e. The summed E-state index contributed by atoms with van der Waals surface area (Å²) >= 11 is 0. The summed E-state index contributed by atoms with van der Waals surface area (Å²) in [7, 11) is -2.32. The Kier molecular flexibility index (Phi) is 6.46. The van der Waals surface area contributed by atoms with Crippen molar-refractivity contribution >= 4 is 27.8 Å². The maximum absolute atomic E-state index is 12.6. The summed E-state index contributed by atoms with van der Waals surface area (Å²) in [6.07, 6.45) is 1.67. The van der Waals surface area contributed by atoms with Gasteiger partial charge in [0.15, 0.2) is 0 Å². The van der Waals surface area contributed by atoms with E-state index in [2.05, 4.69) is 15.8 Å². The minimum atomic E-state index is -3.57. The van der Waals surface area contributed by atoms with Gasteiger partial charge in [-0.15, -0.1) is 0 Å². The van der Waals surface area contributed by atoms with E-state index in [1.54, 1.807) is 13.8 Å². The molecule has 1 aromatic carbocycles. The molecule has 0 atom stereocenters. The van der Waals surface area contributed by atoms with Gasteiger partial charge in [-0.1, -0.05) is 0 Å². The Morgan fingerprint density at radius 2 is 1.58 bits per heavy atom. The second-order valence-corrected chi connectivity index (χ2v) is 9.10. The van der Waals surface area contributed by atoms with Crippen LogP contribution in [0.25, 0.3) is 0 Å². The Labute approximate surface area is 180 Å². The number of esters is 1. The molecule has 0 saturated carbocycles. The summed E-state index contributed by atoms with van der Waals surface area (Å²) in [6.45, 7) is 4.20. The highest BCUT2D eigenvalue weighted by molar-refractivity contribution is 7.89. The van der Waals surface area contributed by atoms with Crippen LogP contribution in [0.1, 0.15) is 55.3 Å². The lowest BCUT2D eigenvalue weighted by Crippen LogP contribution is -2.42. The van der Waals surface area contributed by atoms with Gasteiger partial charge in [0, 0.05) is 24.3 Å². The number of H-pyrrole nitrogens is 1. The molecule has 0 bridgehead atoms. The number of rotatable bonds is 5. The molecule has 1 aromatic heterocycles. The average Bonchev–Trinajstić information content (AvgIpc) is 3.40. The number of amides is 2. The van der Waals surface area contributed by atoms with Crippen LogP contribution in [0.4, 0.5) is 0 Å². The molecule has 0 radical (unpaired) electrons. The molecule has 2 amide bonds. The molecule has 0 aliphatic carbocycles. The number of nitrogens with zero attached hydrogens (tertiary/aromatic N) is 1. The summed E-state index contributed by atoms with van der Waals surface area (Å²) in [5.41, 5.74) is 5.97. The molecule has 1 saturated heterocycles. The molecule has 3 rings (SSSR count). The quantitative estimate of drug-likeness (QED) is 0.465. The maximum Gasteiger partial charge on any atom is 0.339 e. The normalized spacial score (nSPS) is 14.3. The highest BCUT2D eigenvalue weighted by atomic mass is 32.2. The van der Waals surface area contributed by atoms with E-state index in [0.717, 1.165) is 12.8 Å². The van der Waals surface area contributed by atoms with Crippen molar-refractivity contribution in [2.24, 2.45) is 0 Å². The van der Waals surface area contributed by atoms with Gasteiger partial charge in [0.05, 0.1) is 17.6 Å². The van der Waals surface area contributed by atoms with Gasteiger partial charge in [0.1, 0.15) is 5.69 Å². The van der Waals surface area contributed by atoms with Gasteiger partial charge in [-0.3, -0.25) is 20.4 Å². The third-order valence-corrected chi connectivity index (χ3v) is 7.08. The van der Waals surface area contributed by atoms with Gasteiger partial charge in [-0.05, 0) is 56.5 Å². The fraction of sp³-hybridized carbons (Fsp3) is 0.350. The zero-order chi connectivity index (χ0) is 22.8. The number of hydrogen-bond donors (Lipinski definition) is 3. The van der Waals surface area contributed by atoms with E-state index >= 15 is 0 Å². The number of aryl methyl sites for hydroxylation is 1. The van der Waals surface area contributed by atoms with Crippen LogP contribution in [-0.4, -0.2) is 55.7 Å². The number of methoxy groups -OCH3 is 1. The molecule has 1 aliphatic heterocycles. The molecule has 2 heterocycles. The van der Waals surface area contributed by atoms with E-state index in [9.17, 15) is 22.8 Å². The van der Waals surface area contributed by atoms with Gasteiger partial charge < -0.3 is 9.72 Å². The van der Waals surface area contributed by atoms with E-state index in [1.165, 1.54) is 35.7 Å². The Morgan fingerprint density at radius 3 is 2.16 bits per heavy atom. The third kappa shape index (κ3) is 4.47. The molecule has 2 aromatic rings. The number of sulfonamides is 1. The number of carbonyl (C=O) groups excluding carboxylic acids is 3.